The molecule has 1 aliphatic rings. The van der Waals surface area contributed by atoms with Crippen molar-refractivity contribution in [3.05, 3.63) is 49.2 Å². The highest BCUT2D eigenvalue weighted by Crippen LogP contribution is 2.34. The summed E-state index contributed by atoms with van der Waals surface area (Å²) in [5.74, 6) is -0.00134. The number of fused-ring (bicyclic) bond motifs is 2. The number of aromatic amines is 2. The summed E-state index contributed by atoms with van der Waals surface area (Å²) in [4.78, 5) is 31.6. The number of unbranched alkanes of at least 4 members (excludes halogenated alkanes) is 1. The minimum atomic E-state index is -0.00134. The zero-order chi connectivity index (χ0) is 25.2. The summed E-state index contributed by atoms with van der Waals surface area (Å²) in [6.45, 7) is 4.20. The van der Waals surface area contributed by atoms with Crippen LogP contribution in [-0.4, -0.2) is 49.1 Å². The number of nitrogens with one attached hydrogen (secondary N) is 3. The summed E-state index contributed by atoms with van der Waals surface area (Å²) in [6, 6.07) is 6.10. The number of hydrogen-bond donors (Lipinski definition) is 3. The highest BCUT2D eigenvalue weighted by molar-refractivity contribution is 6.00. The summed E-state index contributed by atoms with van der Waals surface area (Å²) in [7, 11) is 0. The molecule has 6 heterocycles. The average molecular weight is 495 g/mol. The zero-order valence-electron chi connectivity index (χ0n) is 20.9. The first-order valence-electron chi connectivity index (χ1n) is 13.0. The molecule has 0 radical (unpaired) electrons. The quantitative estimate of drug-likeness (QED) is 0.268. The van der Waals surface area contributed by atoms with Crippen LogP contribution in [0.4, 0.5) is 11.4 Å². The molecule has 0 aromatic carbocycles. The molecule has 3 N–H and O–H groups in total. The molecular weight excluding hydrogens is 464 g/mol. The fourth-order valence-corrected chi connectivity index (χ4v) is 5.04. The Morgan fingerprint density at radius 1 is 0.973 bits per heavy atom. The third-order valence-corrected chi connectivity index (χ3v) is 7.00. The van der Waals surface area contributed by atoms with E-state index >= 15 is 0 Å². The summed E-state index contributed by atoms with van der Waals surface area (Å²) in [6.07, 6.45) is 15.1. The Balaban J connectivity index is 1.34. The van der Waals surface area contributed by atoms with Crippen LogP contribution < -0.4 is 10.2 Å². The second kappa shape index (κ2) is 10.0. The summed E-state index contributed by atoms with van der Waals surface area (Å²) < 4.78 is 0. The number of aromatic nitrogens is 6. The second-order valence-corrected chi connectivity index (χ2v) is 9.65. The largest absolute Gasteiger partial charge is 0.370 e. The molecule has 0 unspecified atom stereocenters. The number of nitrogens with zero attached hydrogens (tertiary/aromatic N) is 5. The number of anilines is 2. The van der Waals surface area contributed by atoms with Gasteiger partial charge in [0.1, 0.15) is 5.69 Å². The molecule has 1 fully saturated rings. The SMILES string of the molecule is CCCCC(=O)Nc1cncc(-c2cc3c(-c4cc5c(N6CCCCC6)cncc5[nH]4)n[nH]c3cn2)c1. The minimum absolute atomic E-state index is 0.00134. The first-order valence-corrected chi connectivity index (χ1v) is 13.0. The van der Waals surface area contributed by atoms with Gasteiger partial charge in [-0.2, -0.15) is 5.10 Å². The van der Waals surface area contributed by atoms with E-state index in [2.05, 4.69) is 53.3 Å². The van der Waals surface area contributed by atoms with Crippen LogP contribution in [0.5, 0.6) is 0 Å². The molecule has 1 amide bonds. The lowest BCUT2D eigenvalue weighted by Crippen LogP contribution is -2.29. The van der Waals surface area contributed by atoms with E-state index in [0.717, 1.165) is 70.4 Å². The van der Waals surface area contributed by atoms with Crippen LogP contribution in [0, 0.1) is 0 Å². The molecule has 0 atom stereocenters. The van der Waals surface area contributed by atoms with Gasteiger partial charge in [-0.05, 0) is 43.9 Å². The lowest BCUT2D eigenvalue weighted by molar-refractivity contribution is -0.116. The van der Waals surface area contributed by atoms with Gasteiger partial charge in [0.05, 0.1) is 58.6 Å². The van der Waals surface area contributed by atoms with Gasteiger partial charge >= 0.3 is 0 Å². The maximum atomic E-state index is 12.2. The molecule has 1 aliphatic heterocycles. The second-order valence-electron chi connectivity index (χ2n) is 9.65. The van der Waals surface area contributed by atoms with Crippen molar-refractivity contribution in [1.82, 2.24) is 30.1 Å². The maximum absolute atomic E-state index is 12.2. The summed E-state index contributed by atoms with van der Waals surface area (Å²) in [5.41, 5.74) is 7.04. The molecule has 9 heteroatoms. The Morgan fingerprint density at radius 2 is 1.84 bits per heavy atom. The number of amides is 1. The van der Waals surface area contributed by atoms with Crippen molar-refractivity contribution >= 4 is 39.1 Å². The zero-order valence-corrected chi connectivity index (χ0v) is 20.9. The van der Waals surface area contributed by atoms with Gasteiger partial charge in [0.2, 0.25) is 5.91 Å². The number of carbonyl (C=O) groups is 1. The number of hydrogen-bond acceptors (Lipinski definition) is 6. The Bertz CT molecular complexity index is 1560. The van der Waals surface area contributed by atoms with Gasteiger partial charge in [-0.15, -0.1) is 0 Å². The van der Waals surface area contributed by atoms with Crippen LogP contribution in [0.3, 0.4) is 0 Å². The Labute approximate surface area is 214 Å². The number of H-pyrrole nitrogens is 2. The monoisotopic (exact) mass is 494 g/mol. The molecule has 0 bridgehead atoms. The minimum Gasteiger partial charge on any atom is -0.370 e. The first-order chi connectivity index (χ1) is 18.2. The van der Waals surface area contributed by atoms with Gasteiger partial charge in [0.15, 0.2) is 0 Å². The van der Waals surface area contributed by atoms with E-state index in [4.69, 9.17) is 0 Å². The lowest BCUT2D eigenvalue weighted by atomic mass is 10.1. The number of piperidine rings is 1. The van der Waals surface area contributed by atoms with Gasteiger partial charge in [0.25, 0.3) is 0 Å². The molecule has 37 heavy (non-hydrogen) atoms. The normalized spacial score (nSPS) is 13.9. The molecule has 0 spiro atoms. The first kappa shape index (κ1) is 23.1. The Kier molecular flexibility index (Phi) is 6.26. The average Bonchev–Trinajstić information content (AvgIpc) is 3.56. The number of carbonyl (C=O) groups excluding carboxylic acids is 1. The van der Waals surface area contributed by atoms with Crippen LogP contribution in [0.25, 0.3) is 44.5 Å². The molecule has 6 rings (SSSR count). The van der Waals surface area contributed by atoms with Crippen molar-refractivity contribution in [3.63, 3.8) is 0 Å². The van der Waals surface area contributed by atoms with E-state index in [1.54, 1.807) is 18.6 Å². The third kappa shape index (κ3) is 4.64. The van der Waals surface area contributed by atoms with Gasteiger partial charge in [-0.25, -0.2) is 0 Å². The summed E-state index contributed by atoms with van der Waals surface area (Å²) >= 11 is 0. The fraction of sp³-hybridized carbons (Fsp3) is 0.321. The molecule has 1 saturated heterocycles. The standard InChI is InChI=1S/C28H30N8O/c1-2-3-7-27(37)32-19-10-18(13-29-14-19)22-12-21-25(16-31-22)34-35-28(21)23-11-20-24(33-23)15-30-17-26(20)36-8-5-4-6-9-36/h10-17,33H,2-9H2,1H3,(H,32,37)(H,34,35). The lowest BCUT2D eigenvalue weighted by Gasteiger charge is -2.28. The molecule has 9 nitrogen and oxygen atoms in total. The number of pyridine rings is 3. The van der Waals surface area contributed by atoms with Gasteiger partial charge < -0.3 is 15.2 Å². The topological polar surface area (TPSA) is 115 Å². The van der Waals surface area contributed by atoms with Gasteiger partial charge in [-0.3, -0.25) is 24.8 Å². The van der Waals surface area contributed by atoms with E-state index in [0.29, 0.717) is 12.1 Å². The van der Waals surface area contributed by atoms with E-state index in [1.165, 1.54) is 24.9 Å². The van der Waals surface area contributed by atoms with Crippen LogP contribution in [0.2, 0.25) is 0 Å². The third-order valence-electron chi connectivity index (χ3n) is 7.00. The predicted molar refractivity (Wildman–Crippen MR) is 146 cm³/mol. The van der Waals surface area contributed by atoms with Crippen LogP contribution in [0.15, 0.2) is 49.2 Å². The molecule has 0 aliphatic carbocycles. The van der Waals surface area contributed by atoms with E-state index < -0.39 is 0 Å². The van der Waals surface area contributed by atoms with Crippen molar-refractivity contribution in [2.45, 2.75) is 45.4 Å². The maximum Gasteiger partial charge on any atom is 0.224 e. The van der Waals surface area contributed by atoms with Crippen LogP contribution in [-0.2, 0) is 4.79 Å². The predicted octanol–water partition coefficient (Wildman–Crippen LogP) is 5.68. The fourth-order valence-electron chi connectivity index (χ4n) is 5.04. The van der Waals surface area contributed by atoms with Gasteiger partial charge in [0, 0.05) is 42.0 Å². The van der Waals surface area contributed by atoms with Crippen molar-refractivity contribution in [2.75, 3.05) is 23.3 Å². The molecular formula is C28H30N8O. The smallest absolute Gasteiger partial charge is 0.224 e. The van der Waals surface area contributed by atoms with E-state index in [-0.39, 0.29) is 5.91 Å². The van der Waals surface area contributed by atoms with Gasteiger partial charge in [-0.1, -0.05) is 13.3 Å². The Hall–Kier alpha value is -4.27. The van der Waals surface area contributed by atoms with Crippen molar-refractivity contribution < 1.29 is 4.79 Å². The Morgan fingerprint density at radius 3 is 2.70 bits per heavy atom. The van der Waals surface area contributed by atoms with E-state index in [1.807, 2.05) is 24.5 Å². The number of rotatable bonds is 7. The highest BCUT2D eigenvalue weighted by Gasteiger charge is 2.18. The summed E-state index contributed by atoms with van der Waals surface area (Å²) in [5, 5.41) is 12.8. The molecule has 188 valence electrons. The van der Waals surface area contributed by atoms with E-state index in [9.17, 15) is 4.79 Å². The molecule has 5 aromatic rings. The van der Waals surface area contributed by atoms with Crippen molar-refractivity contribution in [1.29, 1.82) is 0 Å². The van der Waals surface area contributed by atoms with Crippen molar-refractivity contribution in [3.8, 4) is 22.6 Å². The van der Waals surface area contributed by atoms with Crippen molar-refractivity contribution in [2.24, 2.45) is 0 Å². The molecule has 5 aromatic heterocycles. The van der Waals surface area contributed by atoms with Crippen LogP contribution >= 0.6 is 0 Å². The van der Waals surface area contributed by atoms with Crippen LogP contribution in [0.1, 0.15) is 45.4 Å². The molecule has 0 saturated carbocycles. The highest BCUT2D eigenvalue weighted by atomic mass is 16.1.